The average molecular weight is 234 g/mol. The average Bonchev–Trinajstić information content (AvgIpc) is 3.13. The summed E-state index contributed by atoms with van der Waals surface area (Å²) in [4.78, 5) is 13.9. The van der Waals surface area contributed by atoms with Crippen LogP contribution in [0.1, 0.15) is 18.4 Å². The molecule has 4 heteroatoms. The van der Waals surface area contributed by atoms with E-state index in [-0.39, 0.29) is 12.5 Å². The molecule has 1 aliphatic rings. The van der Waals surface area contributed by atoms with Gasteiger partial charge in [0.05, 0.1) is 13.0 Å². The van der Waals surface area contributed by atoms with Crippen LogP contribution in [0, 0.1) is 0 Å². The summed E-state index contributed by atoms with van der Waals surface area (Å²) in [7, 11) is 0. The number of nitrogens with zero attached hydrogens (tertiary/aromatic N) is 1. The number of rotatable bonds is 5. The Morgan fingerprint density at radius 2 is 2.12 bits per heavy atom. The van der Waals surface area contributed by atoms with E-state index in [2.05, 4.69) is 0 Å². The van der Waals surface area contributed by atoms with Crippen molar-refractivity contribution in [1.82, 2.24) is 4.90 Å². The number of benzene rings is 1. The van der Waals surface area contributed by atoms with Crippen molar-refractivity contribution in [3.63, 3.8) is 0 Å². The first-order valence-electron chi connectivity index (χ1n) is 5.96. The first kappa shape index (κ1) is 11.9. The molecule has 17 heavy (non-hydrogen) atoms. The Kier molecular flexibility index (Phi) is 3.64. The summed E-state index contributed by atoms with van der Waals surface area (Å²) in [5, 5.41) is 8.96. The maximum atomic E-state index is 12.1. The van der Waals surface area contributed by atoms with Crippen LogP contribution < -0.4 is 5.73 Å². The molecule has 0 saturated heterocycles. The lowest BCUT2D eigenvalue weighted by Gasteiger charge is -2.21. The molecule has 1 fully saturated rings. The summed E-state index contributed by atoms with van der Waals surface area (Å²) in [6.45, 7) is 0.447. The third-order valence-corrected chi connectivity index (χ3v) is 3.05. The van der Waals surface area contributed by atoms with Crippen molar-refractivity contribution in [3.05, 3.63) is 29.8 Å². The van der Waals surface area contributed by atoms with E-state index in [1.54, 1.807) is 11.0 Å². The van der Waals surface area contributed by atoms with Crippen LogP contribution in [0.25, 0.3) is 0 Å². The molecule has 1 aromatic carbocycles. The lowest BCUT2D eigenvalue weighted by molar-refractivity contribution is -0.131. The number of carbonyl (C=O) groups excluding carboxylic acids is 1. The van der Waals surface area contributed by atoms with E-state index in [0.717, 1.165) is 18.4 Å². The predicted molar refractivity (Wildman–Crippen MR) is 66.4 cm³/mol. The maximum absolute atomic E-state index is 12.1. The van der Waals surface area contributed by atoms with Gasteiger partial charge in [0.2, 0.25) is 5.91 Å². The number of carbonyl (C=O) groups is 1. The highest BCUT2D eigenvalue weighted by Crippen LogP contribution is 2.27. The molecule has 92 valence electrons. The highest BCUT2D eigenvalue weighted by molar-refractivity contribution is 5.81. The number of amides is 1. The molecule has 1 amide bonds. The minimum absolute atomic E-state index is 0.0203. The normalized spacial score (nSPS) is 14.6. The summed E-state index contributed by atoms with van der Waals surface area (Å²) < 4.78 is 0. The molecule has 0 atom stereocenters. The van der Waals surface area contributed by atoms with Gasteiger partial charge in [-0.3, -0.25) is 4.79 Å². The van der Waals surface area contributed by atoms with Gasteiger partial charge in [0.15, 0.2) is 0 Å². The van der Waals surface area contributed by atoms with Gasteiger partial charge in [0.25, 0.3) is 0 Å². The van der Waals surface area contributed by atoms with Crippen molar-refractivity contribution in [2.75, 3.05) is 18.9 Å². The Morgan fingerprint density at radius 3 is 2.71 bits per heavy atom. The molecular weight excluding hydrogens is 216 g/mol. The number of hydrogen-bond donors (Lipinski definition) is 2. The molecule has 0 aliphatic heterocycles. The standard InChI is InChI=1S/C13H18N2O2/c14-12-4-2-1-3-10(12)9-13(17)15(7-8-16)11-5-6-11/h1-4,11,16H,5-9,14H2. The van der Waals surface area contributed by atoms with Crippen LogP contribution in [-0.4, -0.2) is 35.1 Å². The fraction of sp³-hybridized carbons (Fsp3) is 0.462. The molecule has 0 heterocycles. The van der Waals surface area contributed by atoms with Crippen LogP contribution in [0.4, 0.5) is 5.69 Å². The molecule has 0 aromatic heterocycles. The van der Waals surface area contributed by atoms with Crippen molar-refractivity contribution < 1.29 is 9.90 Å². The molecule has 0 bridgehead atoms. The van der Waals surface area contributed by atoms with E-state index < -0.39 is 0 Å². The Bertz CT molecular complexity index is 402. The molecule has 0 radical (unpaired) electrons. The number of nitrogens with two attached hydrogens (primary N) is 1. The second-order valence-electron chi connectivity index (χ2n) is 4.42. The largest absolute Gasteiger partial charge is 0.398 e. The Balaban J connectivity index is 2.02. The van der Waals surface area contributed by atoms with Crippen LogP contribution in [0.2, 0.25) is 0 Å². The zero-order valence-corrected chi connectivity index (χ0v) is 9.80. The number of aliphatic hydroxyl groups excluding tert-OH is 1. The summed E-state index contributed by atoms with van der Waals surface area (Å²) in [6.07, 6.45) is 2.43. The highest BCUT2D eigenvalue weighted by atomic mass is 16.3. The van der Waals surface area contributed by atoms with Gasteiger partial charge in [-0.15, -0.1) is 0 Å². The molecule has 0 unspecified atom stereocenters. The Labute approximate surface area is 101 Å². The number of nitrogen functional groups attached to an aromatic ring is 1. The predicted octanol–water partition coefficient (Wildman–Crippen LogP) is 0.795. The summed E-state index contributed by atoms with van der Waals surface area (Å²) in [5.41, 5.74) is 7.33. The number of hydrogen-bond acceptors (Lipinski definition) is 3. The van der Waals surface area contributed by atoms with Gasteiger partial charge in [0, 0.05) is 18.3 Å². The quantitative estimate of drug-likeness (QED) is 0.740. The lowest BCUT2D eigenvalue weighted by atomic mass is 10.1. The monoisotopic (exact) mass is 234 g/mol. The van der Waals surface area contributed by atoms with E-state index in [9.17, 15) is 4.79 Å². The number of para-hydroxylation sites is 1. The molecule has 4 nitrogen and oxygen atoms in total. The van der Waals surface area contributed by atoms with Crippen LogP contribution in [-0.2, 0) is 11.2 Å². The minimum atomic E-state index is 0.0203. The fourth-order valence-corrected chi connectivity index (χ4v) is 1.96. The minimum Gasteiger partial charge on any atom is -0.398 e. The van der Waals surface area contributed by atoms with Crippen LogP contribution in [0.3, 0.4) is 0 Å². The second-order valence-corrected chi connectivity index (χ2v) is 4.42. The zero-order valence-electron chi connectivity index (χ0n) is 9.80. The number of anilines is 1. The van der Waals surface area contributed by atoms with Gasteiger partial charge in [-0.25, -0.2) is 0 Å². The van der Waals surface area contributed by atoms with Gasteiger partial charge in [0.1, 0.15) is 0 Å². The first-order chi connectivity index (χ1) is 8.22. The summed E-state index contributed by atoms with van der Waals surface area (Å²) in [6, 6.07) is 7.75. The fourth-order valence-electron chi connectivity index (χ4n) is 1.96. The molecule has 2 rings (SSSR count). The number of aliphatic hydroxyl groups is 1. The Morgan fingerprint density at radius 1 is 1.41 bits per heavy atom. The summed E-state index contributed by atoms with van der Waals surface area (Å²) >= 11 is 0. The third-order valence-electron chi connectivity index (χ3n) is 3.05. The topological polar surface area (TPSA) is 66.6 Å². The van der Waals surface area contributed by atoms with Crippen molar-refractivity contribution in [1.29, 1.82) is 0 Å². The molecule has 0 spiro atoms. The van der Waals surface area contributed by atoms with Gasteiger partial charge < -0.3 is 15.7 Å². The van der Waals surface area contributed by atoms with Gasteiger partial charge in [-0.05, 0) is 24.5 Å². The van der Waals surface area contributed by atoms with Crippen molar-refractivity contribution in [2.24, 2.45) is 0 Å². The van der Waals surface area contributed by atoms with Gasteiger partial charge in [-0.1, -0.05) is 18.2 Å². The molecule has 1 aromatic rings. The van der Waals surface area contributed by atoms with Crippen molar-refractivity contribution >= 4 is 11.6 Å². The lowest BCUT2D eigenvalue weighted by Crippen LogP contribution is -2.36. The maximum Gasteiger partial charge on any atom is 0.227 e. The van der Waals surface area contributed by atoms with Crippen LogP contribution in [0.15, 0.2) is 24.3 Å². The Hall–Kier alpha value is -1.55. The first-order valence-corrected chi connectivity index (χ1v) is 5.96. The van der Waals surface area contributed by atoms with E-state index in [1.165, 1.54) is 0 Å². The molecule has 3 N–H and O–H groups in total. The van der Waals surface area contributed by atoms with Crippen molar-refractivity contribution in [2.45, 2.75) is 25.3 Å². The van der Waals surface area contributed by atoms with Gasteiger partial charge >= 0.3 is 0 Å². The van der Waals surface area contributed by atoms with Crippen LogP contribution >= 0.6 is 0 Å². The zero-order chi connectivity index (χ0) is 12.3. The summed E-state index contributed by atoms with van der Waals surface area (Å²) in [5.74, 6) is 0.0550. The third kappa shape index (κ3) is 2.97. The molecular formula is C13H18N2O2. The highest BCUT2D eigenvalue weighted by Gasteiger charge is 2.31. The van der Waals surface area contributed by atoms with Gasteiger partial charge in [-0.2, -0.15) is 0 Å². The second kappa shape index (κ2) is 5.19. The van der Waals surface area contributed by atoms with E-state index in [4.69, 9.17) is 10.8 Å². The van der Waals surface area contributed by atoms with E-state index in [1.807, 2.05) is 18.2 Å². The molecule has 1 aliphatic carbocycles. The van der Waals surface area contributed by atoms with Crippen LogP contribution in [0.5, 0.6) is 0 Å². The SMILES string of the molecule is Nc1ccccc1CC(=O)N(CCO)C1CC1. The molecule has 1 saturated carbocycles. The van der Waals surface area contributed by atoms with E-state index in [0.29, 0.717) is 24.7 Å². The van der Waals surface area contributed by atoms with Crippen molar-refractivity contribution in [3.8, 4) is 0 Å². The van der Waals surface area contributed by atoms with E-state index >= 15 is 0 Å². The smallest absolute Gasteiger partial charge is 0.227 e.